The Balaban J connectivity index is 2.35. The highest BCUT2D eigenvalue weighted by Gasteiger charge is 2.26. The summed E-state index contributed by atoms with van der Waals surface area (Å²) in [6.07, 6.45) is 2.43. The third-order valence-electron chi connectivity index (χ3n) is 3.81. The van der Waals surface area contributed by atoms with E-state index in [4.69, 9.17) is 4.74 Å². The van der Waals surface area contributed by atoms with E-state index in [-0.39, 0.29) is 0 Å². The van der Waals surface area contributed by atoms with Crippen molar-refractivity contribution in [2.45, 2.75) is 39.7 Å². The molecule has 1 heterocycles. The molecule has 102 valence electrons. The predicted molar refractivity (Wildman–Crippen MR) is 73.3 cm³/mol. The van der Waals surface area contributed by atoms with Gasteiger partial charge in [-0.15, -0.1) is 0 Å². The van der Waals surface area contributed by atoms with Crippen molar-refractivity contribution >= 4 is 0 Å². The Morgan fingerprint density at radius 3 is 2.82 bits per heavy atom. The van der Waals surface area contributed by atoms with Gasteiger partial charge in [-0.25, -0.2) is 0 Å². The van der Waals surface area contributed by atoms with Crippen molar-refractivity contribution in [1.29, 1.82) is 0 Å². The fourth-order valence-electron chi connectivity index (χ4n) is 2.64. The smallest absolute Gasteiger partial charge is 0.0521 e. The lowest BCUT2D eigenvalue weighted by atomic mass is 9.94. The van der Waals surface area contributed by atoms with Crippen molar-refractivity contribution < 1.29 is 4.74 Å². The standard InChI is InChI=1S/C14H30N2O/c1-5-12(3)9-16(4)10-13-11-17-8-7-14(13)15-6-2/h12-15H,5-11H2,1-4H3. The van der Waals surface area contributed by atoms with E-state index in [1.54, 1.807) is 0 Å². The van der Waals surface area contributed by atoms with Crippen LogP contribution in [0.25, 0.3) is 0 Å². The summed E-state index contributed by atoms with van der Waals surface area (Å²) in [6.45, 7) is 12.0. The highest BCUT2D eigenvalue weighted by Crippen LogP contribution is 2.16. The van der Waals surface area contributed by atoms with Crippen molar-refractivity contribution in [3.63, 3.8) is 0 Å². The van der Waals surface area contributed by atoms with E-state index in [1.165, 1.54) is 13.0 Å². The maximum absolute atomic E-state index is 5.62. The van der Waals surface area contributed by atoms with Gasteiger partial charge in [-0.2, -0.15) is 0 Å². The molecule has 0 spiro atoms. The first kappa shape index (κ1) is 14.9. The van der Waals surface area contributed by atoms with Gasteiger partial charge in [0.2, 0.25) is 0 Å². The molecule has 3 nitrogen and oxygen atoms in total. The molecule has 1 rings (SSSR count). The van der Waals surface area contributed by atoms with E-state index in [9.17, 15) is 0 Å². The number of hydrogen-bond donors (Lipinski definition) is 1. The molecule has 3 heteroatoms. The molecule has 1 aliphatic heterocycles. The molecular formula is C14H30N2O. The Kier molecular flexibility index (Phi) is 7.09. The van der Waals surface area contributed by atoms with Crippen LogP contribution >= 0.6 is 0 Å². The summed E-state index contributed by atoms with van der Waals surface area (Å²) in [4.78, 5) is 2.47. The molecule has 1 fully saturated rings. The van der Waals surface area contributed by atoms with Crippen LogP contribution in [0.15, 0.2) is 0 Å². The highest BCUT2D eigenvalue weighted by molar-refractivity contribution is 4.81. The van der Waals surface area contributed by atoms with E-state index in [2.05, 4.69) is 38.0 Å². The third-order valence-corrected chi connectivity index (χ3v) is 3.81. The molecule has 0 aromatic carbocycles. The molecule has 17 heavy (non-hydrogen) atoms. The summed E-state index contributed by atoms with van der Waals surface area (Å²) in [5.74, 6) is 1.44. The van der Waals surface area contributed by atoms with Crippen LogP contribution in [0.1, 0.15) is 33.6 Å². The SMILES string of the molecule is CCNC1CCOCC1CN(C)CC(C)CC. The number of nitrogens with one attached hydrogen (secondary N) is 1. The van der Waals surface area contributed by atoms with Crippen molar-refractivity contribution in [3.05, 3.63) is 0 Å². The average molecular weight is 242 g/mol. The van der Waals surface area contributed by atoms with Gasteiger partial charge in [0.15, 0.2) is 0 Å². The van der Waals surface area contributed by atoms with Crippen LogP contribution in [0.5, 0.6) is 0 Å². The summed E-state index contributed by atoms with van der Waals surface area (Å²) < 4.78 is 5.62. The summed E-state index contributed by atoms with van der Waals surface area (Å²) in [5, 5.41) is 3.60. The van der Waals surface area contributed by atoms with Crippen LogP contribution in [-0.2, 0) is 4.74 Å². The van der Waals surface area contributed by atoms with E-state index < -0.39 is 0 Å². The largest absolute Gasteiger partial charge is 0.381 e. The second kappa shape index (κ2) is 8.06. The summed E-state index contributed by atoms with van der Waals surface area (Å²) in [7, 11) is 2.24. The maximum Gasteiger partial charge on any atom is 0.0521 e. The predicted octanol–water partition coefficient (Wildman–Crippen LogP) is 1.98. The zero-order valence-corrected chi connectivity index (χ0v) is 12.0. The Hall–Kier alpha value is -0.120. The minimum Gasteiger partial charge on any atom is -0.381 e. The fourth-order valence-corrected chi connectivity index (χ4v) is 2.64. The lowest BCUT2D eigenvalue weighted by molar-refractivity contribution is 0.0187. The molecule has 1 saturated heterocycles. The molecule has 0 aromatic heterocycles. The quantitative estimate of drug-likeness (QED) is 0.739. The summed E-state index contributed by atoms with van der Waals surface area (Å²) in [6, 6.07) is 0.646. The van der Waals surface area contributed by atoms with Crippen LogP contribution < -0.4 is 5.32 Å². The van der Waals surface area contributed by atoms with Crippen molar-refractivity contribution in [2.24, 2.45) is 11.8 Å². The molecule has 0 amide bonds. The van der Waals surface area contributed by atoms with Gasteiger partial charge in [-0.1, -0.05) is 27.2 Å². The van der Waals surface area contributed by atoms with Gasteiger partial charge in [-0.05, 0) is 25.9 Å². The Labute approximate surface area is 107 Å². The van der Waals surface area contributed by atoms with Gasteiger partial charge in [0, 0.05) is 31.7 Å². The Bertz CT molecular complexity index is 197. The first-order valence-electron chi connectivity index (χ1n) is 7.17. The number of ether oxygens (including phenoxy) is 1. The Morgan fingerprint density at radius 2 is 2.18 bits per heavy atom. The minimum atomic E-state index is 0.646. The highest BCUT2D eigenvalue weighted by atomic mass is 16.5. The second-order valence-electron chi connectivity index (χ2n) is 5.52. The molecule has 3 atom stereocenters. The van der Waals surface area contributed by atoms with Gasteiger partial charge < -0.3 is 15.0 Å². The number of hydrogen-bond acceptors (Lipinski definition) is 3. The lowest BCUT2D eigenvalue weighted by Crippen LogP contribution is -2.47. The van der Waals surface area contributed by atoms with E-state index in [0.29, 0.717) is 12.0 Å². The van der Waals surface area contributed by atoms with Crippen LogP contribution in [0.3, 0.4) is 0 Å². The van der Waals surface area contributed by atoms with Crippen LogP contribution in [0.2, 0.25) is 0 Å². The normalized spacial score (nSPS) is 27.4. The lowest BCUT2D eigenvalue weighted by Gasteiger charge is -2.35. The molecular weight excluding hydrogens is 212 g/mol. The molecule has 0 aromatic rings. The minimum absolute atomic E-state index is 0.646. The van der Waals surface area contributed by atoms with Gasteiger partial charge in [0.1, 0.15) is 0 Å². The first-order valence-corrected chi connectivity index (χ1v) is 7.17. The van der Waals surface area contributed by atoms with Gasteiger partial charge in [0.05, 0.1) is 6.61 Å². The molecule has 3 unspecified atom stereocenters. The van der Waals surface area contributed by atoms with Crippen molar-refractivity contribution in [1.82, 2.24) is 10.2 Å². The molecule has 1 aliphatic rings. The molecule has 0 radical (unpaired) electrons. The number of nitrogens with zero attached hydrogens (tertiary/aromatic N) is 1. The third kappa shape index (κ3) is 5.36. The van der Waals surface area contributed by atoms with E-state index in [0.717, 1.165) is 38.6 Å². The van der Waals surface area contributed by atoms with E-state index >= 15 is 0 Å². The summed E-state index contributed by atoms with van der Waals surface area (Å²) >= 11 is 0. The van der Waals surface area contributed by atoms with Crippen LogP contribution in [0, 0.1) is 11.8 Å². The van der Waals surface area contributed by atoms with Crippen molar-refractivity contribution in [2.75, 3.05) is 39.9 Å². The topological polar surface area (TPSA) is 24.5 Å². The van der Waals surface area contributed by atoms with Crippen LogP contribution in [0.4, 0.5) is 0 Å². The monoisotopic (exact) mass is 242 g/mol. The zero-order chi connectivity index (χ0) is 12.7. The molecule has 0 bridgehead atoms. The Morgan fingerprint density at radius 1 is 1.41 bits per heavy atom. The fraction of sp³-hybridized carbons (Fsp3) is 1.00. The van der Waals surface area contributed by atoms with Gasteiger partial charge >= 0.3 is 0 Å². The second-order valence-corrected chi connectivity index (χ2v) is 5.52. The molecule has 0 aliphatic carbocycles. The first-order chi connectivity index (χ1) is 8.17. The van der Waals surface area contributed by atoms with Crippen LogP contribution in [-0.4, -0.2) is 50.8 Å². The van der Waals surface area contributed by atoms with Gasteiger partial charge in [-0.3, -0.25) is 0 Å². The number of rotatable bonds is 7. The zero-order valence-electron chi connectivity index (χ0n) is 12.0. The maximum atomic E-state index is 5.62. The summed E-state index contributed by atoms with van der Waals surface area (Å²) in [5.41, 5.74) is 0. The average Bonchev–Trinajstić information content (AvgIpc) is 2.31. The molecule has 0 saturated carbocycles. The van der Waals surface area contributed by atoms with Gasteiger partial charge in [0.25, 0.3) is 0 Å². The van der Waals surface area contributed by atoms with Crippen molar-refractivity contribution in [3.8, 4) is 0 Å². The molecule has 1 N–H and O–H groups in total. The van der Waals surface area contributed by atoms with E-state index in [1.807, 2.05) is 0 Å².